The van der Waals surface area contributed by atoms with Gasteiger partial charge in [0.15, 0.2) is 0 Å². The van der Waals surface area contributed by atoms with E-state index in [0.717, 1.165) is 16.3 Å². The molecule has 0 saturated heterocycles. The number of alkyl halides is 3. The first-order chi connectivity index (χ1) is 11.8. The number of halogens is 3. The Bertz CT molecular complexity index is 724. The molecule has 1 heterocycles. The van der Waals surface area contributed by atoms with Crippen LogP contribution in [0, 0.1) is 6.92 Å². The third kappa shape index (κ3) is 7.49. The molecule has 1 aromatic carbocycles. The van der Waals surface area contributed by atoms with E-state index in [0.29, 0.717) is 12.1 Å². The maximum Gasteiger partial charge on any atom is 0.411 e. The van der Waals surface area contributed by atoms with Crippen molar-refractivity contribution in [1.29, 1.82) is 0 Å². The van der Waals surface area contributed by atoms with Crippen molar-refractivity contribution in [2.45, 2.75) is 26.3 Å². The highest BCUT2D eigenvalue weighted by atomic mass is 32.1. The molecule has 0 aliphatic carbocycles. The average Bonchev–Trinajstić information content (AvgIpc) is 2.96. The molecule has 0 radical (unpaired) electrons. The topological polar surface area (TPSA) is 51.2 Å². The zero-order chi connectivity index (χ0) is 18.3. The summed E-state index contributed by atoms with van der Waals surface area (Å²) in [6, 6.07) is 6.82. The fourth-order valence-corrected chi connectivity index (χ4v) is 2.48. The quantitative estimate of drug-likeness (QED) is 0.753. The van der Waals surface area contributed by atoms with Crippen LogP contribution in [0.1, 0.15) is 21.8 Å². The predicted molar refractivity (Wildman–Crippen MR) is 89.9 cm³/mol. The van der Waals surface area contributed by atoms with Gasteiger partial charge in [0.05, 0.1) is 17.3 Å². The van der Waals surface area contributed by atoms with Gasteiger partial charge in [-0.1, -0.05) is 24.3 Å². The Morgan fingerprint density at radius 2 is 1.96 bits per heavy atom. The summed E-state index contributed by atoms with van der Waals surface area (Å²) in [7, 11) is 0. The van der Waals surface area contributed by atoms with Gasteiger partial charge >= 0.3 is 6.18 Å². The molecule has 0 unspecified atom stereocenters. The van der Waals surface area contributed by atoms with Crippen LogP contribution in [0.4, 0.5) is 13.2 Å². The lowest BCUT2D eigenvalue weighted by Crippen LogP contribution is -2.20. The lowest BCUT2D eigenvalue weighted by atomic mass is 10.1. The summed E-state index contributed by atoms with van der Waals surface area (Å²) >= 11 is 1.51. The van der Waals surface area contributed by atoms with Crippen molar-refractivity contribution in [3.63, 3.8) is 0 Å². The fourth-order valence-electron chi connectivity index (χ4n) is 1.90. The molecule has 1 N–H and O–H groups in total. The fraction of sp³-hybridized carbons (Fsp3) is 0.294. The van der Waals surface area contributed by atoms with E-state index in [9.17, 15) is 18.0 Å². The SMILES string of the molecule is Cc1nc(/C=C/C(=O)NCc2ccc(COCC(F)(F)F)cc2)cs1. The van der Waals surface area contributed by atoms with Crippen molar-refractivity contribution in [3.8, 4) is 0 Å². The van der Waals surface area contributed by atoms with E-state index >= 15 is 0 Å². The Hall–Kier alpha value is -2.19. The number of aryl methyl sites for hydroxylation is 1. The van der Waals surface area contributed by atoms with Crippen LogP contribution in [0.2, 0.25) is 0 Å². The van der Waals surface area contributed by atoms with Crippen molar-refractivity contribution in [3.05, 3.63) is 57.6 Å². The summed E-state index contributed by atoms with van der Waals surface area (Å²) in [6.45, 7) is 0.834. The Morgan fingerprint density at radius 1 is 1.28 bits per heavy atom. The number of benzene rings is 1. The first-order valence-electron chi connectivity index (χ1n) is 7.42. The molecular formula is C17H17F3N2O2S. The van der Waals surface area contributed by atoms with E-state index in [1.165, 1.54) is 17.4 Å². The Morgan fingerprint density at radius 3 is 2.56 bits per heavy atom. The molecule has 0 aliphatic heterocycles. The van der Waals surface area contributed by atoms with Crippen molar-refractivity contribution < 1.29 is 22.7 Å². The van der Waals surface area contributed by atoms with Gasteiger partial charge in [-0.25, -0.2) is 4.98 Å². The summed E-state index contributed by atoms with van der Waals surface area (Å²) in [4.78, 5) is 16.0. The van der Waals surface area contributed by atoms with Crippen LogP contribution < -0.4 is 5.32 Å². The molecule has 1 aromatic heterocycles. The minimum Gasteiger partial charge on any atom is -0.367 e. The Kier molecular flexibility index (Phi) is 6.72. The lowest BCUT2D eigenvalue weighted by Gasteiger charge is -2.08. The Balaban J connectivity index is 1.75. The van der Waals surface area contributed by atoms with Gasteiger partial charge in [-0.05, 0) is 24.1 Å². The van der Waals surface area contributed by atoms with E-state index in [1.807, 2.05) is 12.3 Å². The monoisotopic (exact) mass is 370 g/mol. The molecule has 2 aromatic rings. The van der Waals surface area contributed by atoms with Crippen LogP contribution in [-0.4, -0.2) is 23.7 Å². The summed E-state index contributed by atoms with van der Waals surface area (Å²) < 4.78 is 40.6. The molecule has 0 spiro atoms. The predicted octanol–water partition coefficient (Wildman–Crippen LogP) is 3.86. The molecule has 1 amide bonds. The number of aromatic nitrogens is 1. The van der Waals surface area contributed by atoms with E-state index in [2.05, 4.69) is 15.0 Å². The highest BCUT2D eigenvalue weighted by Gasteiger charge is 2.27. The zero-order valence-corrected chi connectivity index (χ0v) is 14.3. The zero-order valence-electron chi connectivity index (χ0n) is 13.5. The highest BCUT2D eigenvalue weighted by molar-refractivity contribution is 7.09. The van der Waals surface area contributed by atoms with Crippen molar-refractivity contribution >= 4 is 23.3 Å². The summed E-state index contributed by atoms with van der Waals surface area (Å²) in [5, 5.41) is 5.52. The molecule has 0 atom stereocenters. The van der Waals surface area contributed by atoms with Crippen LogP contribution in [0.25, 0.3) is 6.08 Å². The largest absolute Gasteiger partial charge is 0.411 e. The smallest absolute Gasteiger partial charge is 0.367 e. The van der Waals surface area contributed by atoms with Gasteiger partial charge in [-0.2, -0.15) is 13.2 Å². The summed E-state index contributed by atoms with van der Waals surface area (Å²) in [5.41, 5.74) is 2.21. The molecule has 2 rings (SSSR count). The van der Waals surface area contributed by atoms with Gasteiger partial charge < -0.3 is 10.1 Å². The number of rotatable bonds is 7. The molecule has 0 aliphatic rings. The number of nitrogens with one attached hydrogen (secondary N) is 1. The standard InChI is InChI=1S/C17H17F3N2O2S/c1-12-22-15(10-25-12)6-7-16(23)21-8-13-2-4-14(5-3-13)9-24-11-17(18,19)20/h2-7,10H,8-9,11H2,1H3,(H,21,23)/b7-6+. The normalized spacial score (nSPS) is 11.8. The first kappa shape index (κ1) is 19.1. The number of carbonyl (C=O) groups excluding carboxylic acids is 1. The van der Waals surface area contributed by atoms with E-state index in [-0.39, 0.29) is 12.5 Å². The number of amides is 1. The number of carbonyl (C=O) groups is 1. The lowest BCUT2D eigenvalue weighted by molar-refractivity contribution is -0.176. The second-order valence-electron chi connectivity index (χ2n) is 5.27. The molecule has 25 heavy (non-hydrogen) atoms. The van der Waals surface area contributed by atoms with Gasteiger partial charge in [0.2, 0.25) is 5.91 Å². The second kappa shape index (κ2) is 8.77. The number of hydrogen-bond donors (Lipinski definition) is 1. The van der Waals surface area contributed by atoms with Crippen LogP contribution in [0.3, 0.4) is 0 Å². The van der Waals surface area contributed by atoms with Crippen LogP contribution in [0.5, 0.6) is 0 Å². The van der Waals surface area contributed by atoms with Crippen molar-refractivity contribution in [2.24, 2.45) is 0 Å². The molecule has 4 nitrogen and oxygen atoms in total. The summed E-state index contributed by atoms with van der Waals surface area (Å²) in [6.07, 6.45) is -1.28. The number of nitrogens with zero attached hydrogens (tertiary/aromatic N) is 1. The maximum absolute atomic E-state index is 12.0. The van der Waals surface area contributed by atoms with Crippen LogP contribution in [0.15, 0.2) is 35.7 Å². The molecular weight excluding hydrogens is 353 g/mol. The third-order valence-corrected chi connectivity index (χ3v) is 3.86. The van der Waals surface area contributed by atoms with Gasteiger partial charge in [0.1, 0.15) is 6.61 Å². The second-order valence-corrected chi connectivity index (χ2v) is 6.33. The molecule has 0 saturated carbocycles. The van der Waals surface area contributed by atoms with E-state index < -0.39 is 12.8 Å². The average molecular weight is 370 g/mol. The van der Waals surface area contributed by atoms with Crippen molar-refractivity contribution in [2.75, 3.05) is 6.61 Å². The van der Waals surface area contributed by atoms with Crippen molar-refractivity contribution in [1.82, 2.24) is 10.3 Å². The number of ether oxygens (including phenoxy) is 1. The maximum atomic E-state index is 12.0. The number of thiazole rings is 1. The minimum atomic E-state index is -4.32. The van der Waals surface area contributed by atoms with Crippen LogP contribution in [-0.2, 0) is 22.7 Å². The van der Waals surface area contributed by atoms with E-state index in [1.54, 1.807) is 30.3 Å². The van der Waals surface area contributed by atoms with Gasteiger partial charge in [0.25, 0.3) is 0 Å². The third-order valence-electron chi connectivity index (χ3n) is 3.07. The minimum absolute atomic E-state index is 0.109. The molecule has 134 valence electrons. The molecule has 0 bridgehead atoms. The van der Waals surface area contributed by atoms with E-state index in [4.69, 9.17) is 0 Å². The van der Waals surface area contributed by atoms with Gasteiger partial charge in [-0.15, -0.1) is 11.3 Å². The van der Waals surface area contributed by atoms with Gasteiger partial charge in [-0.3, -0.25) is 4.79 Å². The first-order valence-corrected chi connectivity index (χ1v) is 8.30. The van der Waals surface area contributed by atoms with Gasteiger partial charge in [0, 0.05) is 18.0 Å². The Labute approximate surface area is 147 Å². The number of hydrogen-bond acceptors (Lipinski definition) is 4. The summed E-state index contributed by atoms with van der Waals surface area (Å²) in [5.74, 6) is -0.247. The van der Waals surface area contributed by atoms with Crippen LogP contribution >= 0.6 is 11.3 Å². The highest BCUT2D eigenvalue weighted by Crippen LogP contribution is 2.16. The molecule has 8 heteroatoms. The molecule has 0 fully saturated rings.